The molecule has 1 aromatic carbocycles. The highest BCUT2D eigenvalue weighted by atomic mass is 32.2. The lowest BCUT2D eigenvalue weighted by Crippen LogP contribution is -2.43. The first-order valence-corrected chi connectivity index (χ1v) is 12.7. The number of esters is 1. The van der Waals surface area contributed by atoms with Gasteiger partial charge in [0.05, 0.1) is 17.4 Å². The summed E-state index contributed by atoms with van der Waals surface area (Å²) >= 11 is 0. The first-order valence-electron chi connectivity index (χ1n) is 11.2. The average molecular weight is 467 g/mol. The summed E-state index contributed by atoms with van der Waals surface area (Å²) in [6, 6.07) is 6.72. The Labute approximate surface area is 190 Å². The molecule has 0 radical (unpaired) electrons. The van der Waals surface area contributed by atoms with Crippen LogP contribution in [0.1, 0.15) is 58.4 Å². The molecule has 32 heavy (non-hydrogen) atoms. The number of amides is 1. The fourth-order valence-corrected chi connectivity index (χ4v) is 5.04. The topological polar surface area (TPSA) is 102 Å². The molecule has 2 unspecified atom stereocenters. The quantitative estimate of drug-likeness (QED) is 0.619. The van der Waals surface area contributed by atoms with Gasteiger partial charge in [0.25, 0.3) is 0 Å². The second-order valence-corrected chi connectivity index (χ2v) is 11.3. The second-order valence-electron chi connectivity index (χ2n) is 9.53. The number of carbonyl (C=O) groups excluding carboxylic acids is 2. The van der Waals surface area contributed by atoms with Crippen LogP contribution in [-0.2, 0) is 24.3 Å². The molecule has 1 heterocycles. The minimum absolute atomic E-state index is 0.105. The Bertz CT molecular complexity index is 915. The van der Waals surface area contributed by atoms with E-state index in [0.717, 1.165) is 24.8 Å². The molecule has 1 amide bonds. The Morgan fingerprint density at radius 3 is 2.31 bits per heavy atom. The SMILES string of the molecule is CCOC(=O)C1CC1c1ccc(S(=O)(=O)NCC2CCN(C(=O)OC(C)(C)C)CC2)cc1. The van der Waals surface area contributed by atoms with Gasteiger partial charge in [-0.15, -0.1) is 0 Å². The van der Waals surface area contributed by atoms with E-state index >= 15 is 0 Å². The smallest absolute Gasteiger partial charge is 0.410 e. The van der Waals surface area contributed by atoms with E-state index in [2.05, 4.69) is 4.72 Å². The van der Waals surface area contributed by atoms with Gasteiger partial charge >= 0.3 is 12.1 Å². The van der Waals surface area contributed by atoms with E-state index in [1.54, 1.807) is 36.1 Å². The number of sulfonamides is 1. The minimum Gasteiger partial charge on any atom is -0.466 e. The first-order chi connectivity index (χ1) is 15.0. The van der Waals surface area contributed by atoms with E-state index in [-0.39, 0.29) is 34.7 Å². The third kappa shape index (κ3) is 6.45. The van der Waals surface area contributed by atoms with Gasteiger partial charge in [-0.05, 0) is 76.5 Å². The molecule has 1 aliphatic carbocycles. The summed E-state index contributed by atoms with van der Waals surface area (Å²) in [5.74, 6) is -0.0379. The molecule has 2 fully saturated rings. The van der Waals surface area contributed by atoms with Crippen LogP contribution in [0.15, 0.2) is 29.2 Å². The molecule has 2 aliphatic rings. The fourth-order valence-electron chi connectivity index (χ4n) is 3.92. The maximum atomic E-state index is 12.7. The van der Waals surface area contributed by atoms with Crippen LogP contribution in [0, 0.1) is 11.8 Å². The molecule has 1 aliphatic heterocycles. The largest absolute Gasteiger partial charge is 0.466 e. The van der Waals surface area contributed by atoms with E-state index < -0.39 is 15.6 Å². The van der Waals surface area contributed by atoms with Crippen LogP contribution in [0.5, 0.6) is 0 Å². The van der Waals surface area contributed by atoms with E-state index in [1.165, 1.54) is 0 Å². The zero-order valence-electron chi connectivity index (χ0n) is 19.3. The van der Waals surface area contributed by atoms with Gasteiger partial charge < -0.3 is 14.4 Å². The molecule has 9 heteroatoms. The van der Waals surface area contributed by atoms with Crippen LogP contribution in [0.4, 0.5) is 4.79 Å². The zero-order valence-corrected chi connectivity index (χ0v) is 20.1. The van der Waals surface area contributed by atoms with Crippen molar-refractivity contribution >= 4 is 22.1 Å². The van der Waals surface area contributed by atoms with Gasteiger partial charge in [0.15, 0.2) is 0 Å². The lowest BCUT2D eigenvalue weighted by Gasteiger charge is -2.33. The summed E-state index contributed by atoms with van der Waals surface area (Å²) < 4.78 is 38.5. The van der Waals surface area contributed by atoms with Gasteiger partial charge in [-0.1, -0.05) is 12.1 Å². The third-order valence-corrected chi connectivity index (χ3v) is 7.27. The molecular weight excluding hydrogens is 432 g/mol. The van der Waals surface area contributed by atoms with Gasteiger partial charge in [0, 0.05) is 19.6 Å². The van der Waals surface area contributed by atoms with Gasteiger partial charge in [0.1, 0.15) is 5.60 Å². The van der Waals surface area contributed by atoms with Crippen molar-refractivity contribution in [3.63, 3.8) is 0 Å². The van der Waals surface area contributed by atoms with Crippen LogP contribution in [-0.4, -0.2) is 57.2 Å². The van der Waals surface area contributed by atoms with Gasteiger partial charge in [-0.3, -0.25) is 4.79 Å². The average Bonchev–Trinajstić information content (AvgIpc) is 3.53. The van der Waals surface area contributed by atoms with Crippen LogP contribution in [0.2, 0.25) is 0 Å². The normalized spacial score (nSPS) is 21.8. The summed E-state index contributed by atoms with van der Waals surface area (Å²) in [7, 11) is -3.62. The summed E-state index contributed by atoms with van der Waals surface area (Å²) in [4.78, 5) is 25.9. The van der Waals surface area contributed by atoms with Crippen LogP contribution in [0.25, 0.3) is 0 Å². The highest BCUT2D eigenvalue weighted by Crippen LogP contribution is 2.48. The zero-order chi connectivity index (χ0) is 23.5. The first kappa shape index (κ1) is 24.5. The van der Waals surface area contributed by atoms with E-state index in [1.807, 2.05) is 20.8 Å². The lowest BCUT2D eigenvalue weighted by molar-refractivity contribution is -0.144. The van der Waals surface area contributed by atoms with Crippen molar-refractivity contribution < 1.29 is 27.5 Å². The Balaban J connectivity index is 1.47. The second kappa shape index (κ2) is 9.79. The number of rotatable bonds is 7. The number of hydrogen-bond donors (Lipinski definition) is 1. The molecular formula is C23H34N2O6S. The van der Waals surface area contributed by atoms with Crippen LogP contribution < -0.4 is 4.72 Å². The number of nitrogens with zero attached hydrogens (tertiary/aromatic N) is 1. The Hall–Kier alpha value is -2.13. The predicted octanol–water partition coefficient (Wildman–Crippen LogP) is 3.28. The van der Waals surface area contributed by atoms with Gasteiger partial charge in [-0.25, -0.2) is 17.9 Å². The maximum absolute atomic E-state index is 12.7. The molecule has 1 N–H and O–H groups in total. The van der Waals surface area contributed by atoms with Crippen molar-refractivity contribution in [1.82, 2.24) is 9.62 Å². The lowest BCUT2D eigenvalue weighted by atomic mass is 9.97. The Morgan fingerprint density at radius 2 is 1.75 bits per heavy atom. The van der Waals surface area contributed by atoms with Gasteiger partial charge in [-0.2, -0.15) is 0 Å². The molecule has 0 bridgehead atoms. The van der Waals surface area contributed by atoms with Crippen LogP contribution >= 0.6 is 0 Å². The highest BCUT2D eigenvalue weighted by Gasteiger charge is 2.45. The molecule has 178 valence electrons. The highest BCUT2D eigenvalue weighted by molar-refractivity contribution is 7.89. The summed E-state index contributed by atoms with van der Waals surface area (Å²) in [5, 5.41) is 0. The van der Waals surface area contributed by atoms with Crippen molar-refractivity contribution in [2.24, 2.45) is 11.8 Å². The van der Waals surface area contributed by atoms with Crippen molar-refractivity contribution in [3.8, 4) is 0 Å². The molecule has 1 saturated heterocycles. The molecule has 1 saturated carbocycles. The van der Waals surface area contributed by atoms with E-state index in [9.17, 15) is 18.0 Å². The van der Waals surface area contributed by atoms with Crippen molar-refractivity contribution in [2.45, 2.75) is 63.4 Å². The molecule has 2 atom stereocenters. The van der Waals surface area contributed by atoms with Crippen molar-refractivity contribution in [1.29, 1.82) is 0 Å². The fraction of sp³-hybridized carbons (Fsp3) is 0.652. The molecule has 0 spiro atoms. The Morgan fingerprint density at radius 1 is 1.12 bits per heavy atom. The number of benzene rings is 1. The summed E-state index contributed by atoms with van der Waals surface area (Å²) in [6.07, 6.45) is 1.86. The maximum Gasteiger partial charge on any atom is 0.410 e. The number of likely N-dealkylation sites (tertiary alicyclic amines) is 1. The van der Waals surface area contributed by atoms with Crippen molar-refractivity contribution in [2.75, 3.05) is 26.2 Å². The van der Waals surface area contributed by atoms with E-state index in [0.29, 0.717) is 26.2 Å². The third-order valence-electron chi connectivity index (χ3n) is 5.83. The number of carbonyl (C=O) groups is 2. The molecule has 0 aromatic heterocycles. The predicted molar refractivity (Wildman–Crippen MR) is 120 cm³/mol. The number of nitrogens with one attached hydrogen (secondary N) is 1. The molecule has 3 rings (SSSR count). The molecule has 1 aromatic rings. The number of piperidine rings is 1. The summed E-state index contributed by atoms with van der Waals surface area (Å²) in [5.41, 5.74) is 0.426. The summed E-state index contributed by atoms with van der Waals surface area (Å²) in [6.45, 7) is 9.10. The number of hydrogen-bond acceptors (Lipinski definition) is 6. The van der Waals surface area contributed by atoms with Crippen molar-refractivity contribution in [3.05, 3.63) is 29.8 Å². The monoisotopic (exact) mass is 466 g/mol. The standard InChI is InChI=1S/C23H34N2O6S/c1-5-30-21(26)20-14-19(20)17-6-8-18(9-7-17)32(28,29)24-15-16-10-12-25(13-11-16)22(27)31-23(2,3)4/h6-9,16,19-20,24H,5,10-15H2,1-4H3. The number of ether oxygens (including phenoxy) is 2. The van der Waals surface area contributed by atoms with Gasteiger partial charge in [0.2, 0.25) is 10.0 Å². The van der Waals surface area contributed by atoms with Crippen LogP contribution in [0.3, 0.4) is 0 Å². The molecule has 8 nitrogen and oxygen atoms in total. The van der Waals surface area contributed by atoms with E-state index in [4.69, 9.17) is 9.47 Å². The minimum atomic E-state index is -3.62. The Kier molecular flexibility index (Phi) is 7.50.